The number of amides is 1. The number of aromatic nitrogens is 2. The largest absolute Gasteiger partial charge is 0.320 e. The number of halogens is 2. The van der Waals surface area contributed by atoms with E-state index in [1.54, 1.807) is 23.7 Å². The predicted molar refractivity (Wildman–Crippen MR) is 83.8 cm³/mol. The van der Waals surface area contributed by atoms with E-state index in [2.05, 4.69) is 10.3 Å². The molecule has 0 aliphatic rings. The topological polar surface area (TPSA) is 63.5 Å². The van der Waals surface area contributed by atoms with Gasteiger partial charge in [-0.15, -0.1) is 11.3 Å². The van der Waals surface area contributed by atoms with Gasteiger partial charge in [0.05, 0.1) is 10.7 Å². The Morgan fingerprint density at radius 1 is 1.33 bits per heavy atom. The van der Waals surface area contributed by atoms with Crippen molar-refractivity contribution in [3.05, 3.63) is 61.9 Å². The van der Waals surface area contributed by atoms with E-state index >= 15 is 0 Å². The third-order valence-corrected chi connectivity index (χ3v) is 4.09. The monoisotopic (exact) mass is 339 g/mol. The fourth-order valence-corrected chi connectivity index (χ4v) is 2.89. The van der Waals surface area contributed by atoms with E-state index in [9.17, 15) is 9.59 Å². The molecule has 0 atom stereocenters. The number of carbonyl (C=O) groups excluding carboxylic acids is 1. The number of hydrogen-bond acceptors (Lipinski definition) is 4. The Morgan fingerprint density at radius 2 is 2.14 bits per heavy atom. The van der Waals surface area contributed by atoms with Gasteiger partial charge in [0.1, 0.15) is 5.56 Å². The zero-order valence-electron chi connectivity index (χ0n) is 10.3. The van der Waals surface area contributed by atoms with E-state index in [1.165, 1.54) is 28.0 Å². The molecule has 0 spiro atoms. The number of fused-ring (bicyclic) bond motifs is 1. The highest BCUT2D eigenvalue weighted by Crippen LogP contribution is 2.25. The van der Waals surface area contributed by atoms with Crippen molar-refractivity contribution in [3.63, 3.8) is 0 Å². The van der Waals surface area contributed by atoms with Crippen LogP contribution in [0.2, 0.25) is 10.0 Å². The molecule has 106 valence electrons. The fraction of sp³-hybridized carbons (Fsp3) is 0. The van der Waals surface area contributed by atoms with E-state index in [4.69, 9.17) is 23.2 Å². The van der Waals surface area contributed by atoms with E-state index in [0.717, 1.165) is 0 Å². The van der Waals surface area contributed by atoms with E-state index in [0.29, 0.717) is 20.7 Å². The molecule has 1 N–H and O–H groups in total. The molecule has 0 saturated carbocycles. The van der Waals surface area contributed by atoms with Crippen molar-refractivity contribution in [1.82, 2.24) is 9.38 Å². The van der Waals surface area contributed by atoms with Crippen LogP contribution < -0.4 is 10.9 Å². The third kappa shape index (κ3) is 2.65. The van der Waals surface area contributed by atoms with Gasteiger partial charge in [0.2, 0.25) is 0 Å². The fourth-order valence-electron chi connectivity index (χ4n) is 1.76. The molecule has 3 aromatic rings. The third-order valence-electron chi connectivity index (χ3n) is 2.77. The van der Waals surface area contributed by atoms with Crippen LogP contribution in [0.5, 0.6) is 0 Å². The summed E-state index contributed by atoms with van der Waals surface area (Å²) in [5, 5.41) is 5.05. The molecule has 8 heteroatoms. The number of nitrogens with zero attached hydrogens (tertiary/aromatic N) is 2. The Balaban J connectivity index is 1.97. The van der Waals surface area contributed by atoms with Crippen molar-refractivity contribution in [2.24, 2.45) is 0 Å². The summed E-state index contributed by atoms with van der Waals surface area (Å²) in [6, 6.07) is 4.67. The van der Waals surface area contributed by atoms with Crippen LogP contribution in [-0.4, -0.2) is 15.3 Å². The first-order chi connectivity index (χ1) is 10.1. The van der Waals surface area contributed by atoms with Crippen LogP contribution in [-0.2, 0) is 0 Å². The highest BCUT2D eigenvalue weighted by Gasteiger charge is 2.15. The molecule has 2 heterocycles. The Kier molecular flexibility index (Phi) is 3.67. The lowest BCUT2D eigenvalue weighted by molar-refractivity contribution is 0.102. The molecule has 0 aliphatic heterocycles. The van der Waals surface area contributed by atoms with Gasteiger partial charge in [0, 0.05) is 22.8 Å². The van der Waals surface area contributed by atoms with Crippen molar-refractivity contribution >= 4 is 51.1 Å². The van der Waals surface area contributed by atoms with E-state index in [-0.39, 0.29) is 5.56 Å². The lowest BCUT2D eigenvalue weighted by Gasteiger charge is -2.07. The zero-order valence-corrected chi connectivity index (χ0v) is 12.7. The highest BCUT2D eigenvalue weighted by molar-refractivity contribution is 7.15. The Labute approximate surface area is 132 Å². The molecule has 0 saturated heterocycles. The number of hydrogen-bond donors (Lipinski definition) is 1. The maximum absolute atomic E-state index is 12.2. The molecule has 3 rings (SSSR count). The average molecular weight is 340 g/mol. The Bertz CT molecular complexity index is 904. The maximum Gasteiger partial charge on any atom is 0.271 e. The Morgan fingerprint density at radius 3 is 2.90 bits per heavy atom. The first kappa shape index (κ1) is 14.1. The van der Waals surface area contributed by atoms with E-state index in [1.807, 2.05) is 0 Å². The van der Waals surface area contributed by atoms with Crippen LogP contribution >= 0.6 is 34.5 Å². The van der Waals surface area contributed by atoms with Crippen LogP contribution in [0.4, 0.5) is 5.69 Å². The number of rotatable bonds is 2. The van der Waals surface area contributed by atoms with Crippen molar-refractivity contribution in [3.8, 4) is 0 Å². The van der Waals surface area contributed by atoms with Gasteiger partial charge in [-0.2, -0.15) is 0 Å². The standard InChI is InChI=1S/C13H7Cl2N3O2S/c14-7-1-2-10(9(15)5-7)17-11(19)8-6-16-13-18(12(8)20)3-4-21-13/h1-6H,(H,17,19). The van der Waals surface area contributed by atoms with Gasteiger partial charge in [-0.1, -0.05) is 23.2 Å². The van der Waals surface area contributed by atoms with Gasteiger partial charge in [-0.05, 0) is 18.2 Å². The predicted octanol–water partition coefficient (Wildman–Crippen LogP) is 3.32. The van der Waals surface area contributed by atoms with Crippen molar-refractivity contribution in [2.75, 3.05) is 5.32 Å². The average Bonchev–Trinajstić information content (AvgIpc) is 2.91. The second-order valence-electron chi connectivity index (χ2n) is 4.11. The zero-order chi connectivity index (χ0) is 15.0. The molecular weight excluding hydrogens is 333 g/mol. The number of nitrogens with one attached hydrogen (secondary N) is 1. The molecule has 0 radical (unpaired) electrons. The quantitative estimate of drug-likeness (QED) is 0.778. The number of benzene rings is 1. The second-order valence-corrected chi connectivity index (χ2v) is 5.83. The molecular formula is C13H7Cl2N3O2S. The maximum atomic E-state index is 12.2. The Hall–Kier alpha value is -1.89. The van der Waals surface area contributed by atoms with Crippen molar-refractivity contribution in [1.29, 1.82) is 0 Å². The lowest BCUT2D eigenvalue weighted by Crippen LogP contribution is -2.25. The van der Waals surface area contributed by atoms with Crippen molar-refractivity contribution < 1.29 is 4.79 Å². The van der Waals surface area contributed by atoms with E-state index < -0.39 is 11.5 Å². The van der Waals surface area contributed by atoms with Crippen LogP contribution in [0.15, 0.2) is 40.8 Å². The molecule has 0 bridgehead atoms. The number of thiazole rings is 1. The van der Waals surface area contributed by atoms with Gasteiger partial charge in [-0.25, -0.2) is 4.98 Å². The van der Waals surface area contributed by atoms with Crippen LogP contribution in [0.3, 0.4) is 0 Å². The summed E-state index contributed by atoms with van der Waals surface area (Å²) in [7, 11) is 0. The molecule has 1 aromatic carbocycles. The summed E-state index contributed by atoms with van der Waals surface area (Å²) in [5.41, 5.74) is -0.110. The summed E-state index contributed by atoms with van der Waals surface area (Å²) >= 11 is 13.1. The number of anilines is 1. The minimum Gasteiger partial charge on any atom is -0.320 e. The molecule has 0 unspecified atom stereocenters. The minimum absolute atomic E-state index is 0.0584. The summed E-state index contributed by atoms with van der Waals surface area (Å²) in [4.78, 5) is 29.0. The first-order valence-corrected chi connectivity index (χ1v) is 7.41. The number of carbonyl (C=O) groups is 1. The molecule has 5 nitrogen and oxygen atoms in total. The molecule has 0 aliphatic carbocycles. The highest BCUT2D eigenvalue weighted by atomic mass is 35.5. The molecule has 21 heavy (non-hydrogen) atoms. The van der Waals surface area contributed by atoms with Gasteiger partial charge in [0.25, 0.3) is 11.5 Å². The summed E-state index contributed by atoms with van der Waals surface area (Å²) < 4.78 is 1.32. The normalized spacial score (nSPS) is 10.8. The molecule has 0 fully saturated rings. The lowest BCUT2D eigenvalue weighted by atomic mass is 10.2. The van der Waals surface area contributed by atoms with Crippen molar-refractivity contribution in [2.45, 2.75) is 0 Å². The molecule has 2 aromatic heterocycles. The minimum atomic E-state index is -0.572. The molecule has 1 amide bonds. The summed E-state index contributed by atoms with van der Waals surface area (Å²) in [6.07, 6.45) is 2.83. The van der Waals surface area contributed by atoms with Crippen LogP contribution in [0, 0.1) is 0 Å². The summed E-state index contributed by atoms with van der Waals surface area (Å²) in [6.45, 7) is 0. The van der Waals surface area contributed by atoms with Gasteiger partial charge in [0.15, 0.2) is 4.96 Å². The first-order valence-electron chi connectivity index (χ1n) is 5.77. The SMILES string of the molecule is O=C(Nc1ccc(Cl)cc1Cl)c1cnc2sccn2c1=O. The van der Waals surface area contributed by atoms with Crippen LogP contribution in [0.25, 0.3) is 4.96 Å². The van der Waals surface area contributed by atoms with Gasteiger partial charge in [-0.3, -0.25) is 14.0 Å². The smallest absolute Gasteiger partial charge is 0.271 e. The van der Waals surface area contributed by atoms with Crippen LogP contribution in [0.1, 0.15) is 10.4 Å². The van der Waals surface area contributed by atoms with Gasteiger partial charge < -0.3 is 5.32 Å². The second kappa shape index (κ2) is 5.48. The summed E-state index contributed by atoms with van der Waals surface area (Å²) in [5.74, 6) is -0.572. The van der Waals surface area contributed by atoms with Gasteiger partial charge >= 0.3 is 0 Å².